The second kappa shape index (κ2) is 6.33. The Morgan fingerprint density at radius 3 is 2.10 bits per heavy atom. The molecule has 1 heterocycles. The Kier molecular flexibility index (Phi) is 4.29. The molecule has 0 saturated heterocycles. The largest absolute Gasteiger partial charge is 0.503 e. The van der Waals surface area contributed by atoms with E-state index in [1.807, 2.05) is 36.4 Å². The molecule has 0 bridgehead atoms. The van der Waals surface area contributed by atoms with Gasteiger partial charge in [0.05, 0.1) is 11.2 Å². The zero-order valence-corrected chi connectivity index (χ0v) is 10.6. The molecule has 3 aromatic rings. The number of fused-ring (bicyclic) bond motifs is 1. The summed E-state index contributed by atoms with van der Waals surface area (Å²) in [7, 11) is 0. The Morgan fingerprint density at radius 2 is 1.40 bits per heavy atom. The van der Waals surface area contributed by atoms with Crippen molar-refractivity contribution in [2.75, 3.05) is 0 Å². The SMILES string of the molecule is O=C(O)O.c1ccc(-c2ccc3ccccc3n2)cc1. The average molecular weight is 267 g/mol. The molecule has 0 amide bonds. The highest BCUT2D eigenvalue weighted by Gasteiger charge is 1.99. The first-order valence-electron chi connectivity index (χ1n) is 6.00. The smallest absolute Gasteiger partial charge is 0.450 e. The maximum absolute atomic E-state index is 8.56. The number of aromatic nitrogens is 1. The van der Waals surface area contributed by atoms with E-state index >= 15 is 0 Å². The van der Waals surface area contributed by atoms with Gasteiger partial charge in [-0.3, -0.25) is 0 Å². The number of nitrogens with zero attached hydrogens (tertiary/aromatic N) is 1. The second-order valence-corrected chi connectivity index (χ2v) is 4.04. The summed E-state index contributed by atoms with van der Waals surface area (Å²) in [5.41, 5.74) is 3.23. The molecule has 0 atom stereocenters. The molecule has 1 aromatic heterocycles. The molecule has 2 aromatic carbocycles. The number of pyridine rings is 1. The minimum Gasteiger partial charge on any atom is -0.450 e. The Labute approximate surface area is 116 Å². The molecule has 0 radical (unpaired) electrons. The van der Waals surface area contributed by atoms with Crippen LogP contribution in [0, 0.1) is 0 Å². The molecule has 3 rings (SSSR count). The van der Waals surface area contributed by atoms with Crippen molar-refractivity contribution < 1.29 is 15.0 Å². The van der Waals surface area contributed by atoms with Crippen molar-refractivity contribution in [3.05, 3.63) is 66.7 Å². The lowest BCUT2D eigenvalue weighted by molar-refractivity contribution is 0.137. The van der Waals surface area contributed by atoms with E-state index in [4.69, 9.17) is 15.0 Å². The Balaban J connectivity index is 0.000000328. The van der Waals surface area contributed by atoms with Crippen LogP contribution < -0.4 is 0 Å². The van der Waals surface area contributed by atoms with E-state index in [2.05, 4.69) is 35.3 Å². The summed E-state index contributed by atoms with van der Waals surface area (Å²) in [5, 5.41) is 15.1. The molecule has 2 N–H and O–H groups in total. The standard InChI is InChI=1S/C15H11N.CH2O3/c1-2-6-12(7-3-1)15-11-10-13-8-4-5-9-14(13)16-15;2-1(3)4/h1-11H;(H2,2,3,4). The predicted octanol–water partition coefficient (Wildman–Crippen LogP) is 4.12. The normalized spacial score (nSPS) is 9.60. The second-order valence-electron chi connectivity index (χ2n) is 4.04. The molecule has 0 saturated carbocycles. The number of para-hydroxylation sites is 1. The number of hydrogen-bond donors (Lipinski definition) is 2. The maximum atomic E-state index is 8.56. The van der Waals surface area contributed by atoms with Crippen molar-refractivity contribution in [2.24, 2.45) is 0 Å². The van der Waals surface area contributed by atoms with Crippen molar-refractivity contribution in [3.63, 3.8) is 0 Å². The van der Waals surface area contributed by atoms with Crippen LogP contribution in [0.4, 0.5) is 4.79 Å². The lowest BCUT2D eigenvalue weighted by Crippen LogP contribution is -1.84. The number of carboxylic acid groups (broad SMARTS) is 2. The van der Waals surface area contributed by atoms with E-state index in [1.165, 1.54) is 5.39 Å². The number of rotatable bonds is 1. The van der Waals surface area contributed by atoms with Crippen LogP contribution in [0.25, 0.3) is 22.2 Å². The lowest BCUT2D eigenvalue weighted by Gasteiger charge is -2.02. The summed E-state index contributed by atoms with van der Waals surface area (Å²) in [5.74, 6) is 0. The fourth-order valence-corrected chi connectivity index (χ4v) is 1.84. The minimum atomic E-state index is -1.83. The third-order valence-corrected chi connectivity index (χ3v) is 2.67. The molecule has 4 heteroatoms. The molecule has 0 fully saturated rings. The van der Waals surface area contributed by atoms with Crippen molar-refractivity contribution in [1.82, 2.24) is 4.98 Å². The van der Waals surface area contributed by atoms with Crippen LogP contribution in [0.2, 0.25) is 0 Å². The lowest BCUT2D eigenvalue weighted by atomic mass is 10.1. The van der Waals surface area contributed by atoms with Crippen LogP contribution in [0.1, 0.15) is 0 Å². The van der Waals surface area contributed by atoms with Gasteiger partial charge in [0.1, 0.15) is 0 Å². The van der Waals surface area contributed by atoms with Crippen LogP contribution >= 0.6 is 0 Å². The van der Waals surface area contributed by atoms with Gasteiger partial charge in [0.25, 0.3) is 0 Å². The van der Waals surface area contributed by atoms with Crippen molar-refractivity contribution >= 4 is 17.1 Å². The Bertz CT molecular complexity index is 707. The molecule has 0 unspecified atom stereocenters. The molecule has 0 aliphatic carbocycles. The monoisotopic (exact) mass is 267 g/mol. The van der Waals surface area contributed by atoms with E-state index in [1.54, 1.807) is 0 Å². The van der Waals surface area contributed by atoms with Gasteiger partial charge in [0.2, 0.25) is 0 Å². The van der Waals surface area contributed by atoms with E-state index in [9.17, 15) is 0 Å². The summed E-state index contributed by atoms with van der Waals surface area (Å²) in [6, 6.07) is 22.6. The molecule has 20 heavy (non-hydrogen) atoms. The predicted molar refractivity (Wildman–Crippen MR) is 77.8 cm³/mol. The highest BCUT2D eigenvalue weighted by atomic mass is 16.6. The van der Waals surface area contributed by atoms with Gasteiger partial charge in [-0.2, -0.15) is 0 Å². The average Bonchev–Trinajstić information content (AvgIpc) is 2.47. The molecule has 0 aliphatic rings. The van der Waals surface area contributed by atoms with Crippen molar-refractivity contribution in [1.29, 1.82) is 0 Å². The summed E-state index contributed by atoms with van der Waals surface area (Å²) in [6.45, 7) is 0. The Morgan fingerprint density at radius 1 is 0.800 bits per heavy atom. The van der Waals surface area contributed by atoms with Crippen LogP contribution in [0.5, 0.6) is 0 Å². The molecule has 100 valence electrons. The molecular formula is C16H13NO3. The van der Waals surface area contributed by atoms with Gasteiger partial charge in [-0.05, 0) is 12.1 Å². The molecule has 0 spiro atoms. The quantitative estimate of drug-likeness (QED) is 0.695. The first-order valence-corrected chi connectivity index (χ1v) is 6.00. The number of benzene rings is 2. The van der Waals surface area contributed by atoms with E-state index in [0.717, 1.165) is 16.8 Å². The third kappa shape index (κ3) is 3.55. The third-order valence-electron chi connectivity index (χ3n) is 2.67. The highest BCUT2D eigenvalue weighted by molar-refractivity contribution is 5.81. The van der Waals surface area contributed by atoms with Crippen LogP contribution in [-0.4, -0.2) is 21.4 Å². The summed E-state index contributed by atoms with van der Waals surface area (Å²) < 4.78 is 0. The van der Waals surface area contributed by atoms with Gasteiger partial charge in [-0.1, -0.05) is 54.6 Å². The summed E-state index contributed by atoms with van der Waals surface area (Å²) in [6.07, 6.45) is -1.83. The highest BCUT2D eigenvalue weighted by Crippen LogP contribution is 2.20. The Hall–Kier alpha value is -2.88. The molecule has 0 aliphatic heterocycles. The van der Waals surface area contributed by atoms with Gasteiger partial charge in [-0.15, -0.1) is 0 Å². The van der Waals surface area contributed by atoms with Crippen LogP contribution in [0.3, 0.4) is 0 Å². The van der Waals surface area contributed by atoms with Gasteiger partial charge in [0.15, 0.2) is 0 Å². The molecule has 4 nitrogen and oxygen atoms in total. The summed E-state index contributed by atoms with van der Waals surface area (Å²) >= 11 is 0. The number of carbonyl (C=O) groups is 1. The van der Waals surface area contributed by atoms with E-state index in [-0.39, 0.29) is 0 Å². The van der Waals surface area contributed by atoms with Crippen LogP contribution in [-0.2, 0) is 0 Å². The van der Waals surface area contributed by atoms with Gasteiger partial charge in [-0.25, -0.2) is 9.78 Å². The van der Waals surface area contributed by atoms with Crippen LogP contribution in [0.15, 0.2) is 66.7 Å². The van der Waals surface area contributed by atoms with Crippen molar-refractivity contribution in [3.8, 4) is 11.3 Å². The number of hydrogen-bond acceptors (Lipinski definition) is 2. The fraction of sp³-hybridized carbons (Fsp3) is 0. The van der Waals surface area contributed by atoms with E-state index < -0.39 is 6.16 Å². The van der Waals surface area contributed by atoms with Gasteiger partial charge < -0.3 is 10.2 Å². The van der Waals surface area contributed by atoms with Gasteiger partial charge >= 0.3 is 6.16 Å². The summed E-state index contributed by atoms with van der Waals surface area (Å²) in [4.78, 5) is 13.2. The topological polar surface area (TPSA) is 70.4 Å². The minimum absolute atomic E-state index is 1.03. The molecular weight excluding hydrogens is 254 g/mol. The fourth-order valence-electron chi connectivity index (χ4n) is 1.84. The first kappa shape index (κ1) is 13.5. The maximum Gasteiger partial charge on any atom is 0.503 e. The van der Waals surface area contributed by atoms with Gasteiger partial charge in [0, 0.05) is 10.9 Å². The zero-order valence-electron chi connectivity index (χ0n) is 10.6. The van der Waals surface area contributed by atoms with Crippen molar-refractivity contribution in [2.45, 2.75) is 0 Å². The first-order chi connectivity index (χ1) is 9.66. The zero-order chi connectivity index (χ0) is 14.4. The van der Waals surface area contributed by atoms with E-state index in [0.29, 0.717) is 0 Å².